The first-order valence-electron chi connectivity index (χ1n) is 4.79. The maximum atomic E-state index is 12.0. The lowest BCUT2D eigenvalue weighted by atomic mass is 9.82. The molecule has 0 aliphatic heterocycles. The highest BCUT2D eigenvalue weighted by molar-refractivity contribution is 9.11. The molecule has 0 radical (unpaired) electrons. The van der Waals surface area contributed by atoms with Crippen molar-refractivity contribution in [1.82, 2.24) is 0 Å². The van der Waals surface area contributed by atoms with Crippen LogP contribution in [0, 0.1) is 0 Å². The van der Waals surface area contributed by atoms with Crippen molar-refractivity contribution in [2.45, 2.75) is 54.6 Å². The van der Waals surface area contributed by atoms with Crippen LogP contribution in [-0.2, 0) is 4.79 Å². The maximum Gasteiger partial charge on any atom is 0.165 e. The summed E-state index contributed by atoms with van der Waals surface area (Å²) in [6, 6.07) is 0. The van der Waals surface area contributed by atoms with E-state index in [-0.39, 0.29) is 4.32 Å². The first kappa shape index (κ1) is 11.7. The molecule has 0 spiro atoms. The smallest absolute Gasteiger partial charge is 0.165 e. The largest absolute Gasteiger partial charge is 0.297 e. The molecule has 1 fully saturated rings. The summed E-state index contributed by atoms with van der Waals surface area (Å²) in [6.45, 7) is 3.85. The van der Waals surface area contributed by atoms with Gasteiger partial charge in [-0.25, -0.2) is 0 Å². The van der Waals surface area contributed by atoms with Crippen molar-refractivity contribution in [3.63, 3.8) is 0 Å². The van der Waals surface area contributed by atoms with Crippen LogP contribution in [-0.4, -0.2) is 14.4 Å². The van der Waals surface area contributed by atoms with Gasteiger partial charge in [0.25, 0.3) is 0 Å². The van der Waals surface area contributed by atoms with E-state index in [0.717, 1.165) is 12.8 Å². The van der Waals surface area contributed by atoms with Crippen LogP contribution in [0.25, 0.3) is 0 Å². The highest BCUT2D eigenvalue weighted by Crippen LogP contribution is 2.41. The van der Waals surface area contributed by atoms with Gasteiger partial charge in [0.2, 0.25) is 0 Å². The maximum absolute atomic E-state index is 12.0. The summed E-state index contributed by atoms with van der Waals surface area (Å²) in [5.41, 5.74) is 0. The summed E-state index contributed by atoms with van der Waals surface area (Å²) >= 11 is 7.05. The van der Waals surface area contributed by atoms with Crippen LogP contribution in [0.2, 0.25) is 0 Å². The molecule has 0 unspecified atom stereocenters. The standard InChI is InChI=1S/C10H16Br2O/c1-9(2,11)8(13)10(12)6-4-3-5-7-10/h3-7H2,1-2H3. The number of rotatable bonds is 2. The quantitative estimate of drug-likeness (QED) is 0.708. The minimum absolute atomic E-state index is 0.252. The van der Waals surface area contributed by atoms with Gasteiger partial charge in [-0.15, -0.1) is 0 Å². The van der Waals surface area contributed by atoms with Gasteiger partial charge >= 0.3 is 0 Å². The Kier molecular flexibility index (Phi) is 3.61. The molecule has 0 atom stereocenters. The van der Waals surface area contributed by atoms with Gasteiger partial charge in [0, 0.05) is 0 Å². The lowest BCUT2D eigenvalue weighted by molar-refractivity contribution is -0.123. The van der Waals surface area contributed by atoms with Gasteiger partial charge in [-0.3, -0.25) is 4.79 Å². The molecule has 0 aromatic carbocycles. The number of carbonyl (C=O) groups is 1. The number of Topliss-reactive ketones (excluding diaryl/α,β-unsaturated/α-hetero) is 1. The summed E-state index contributed by atoms with van der Waals surface area (Å²) < 4.78 is -0.647. The lowest BCUT2D eigenvalue weighted by Crippen LogP contribution is -2.43. The number of hydrogen-bond donors (Lipinski definition) is 0. The Balaban J connectivity index is 2.73. The monoisotopic (exact) mass is 310 g/mol. The molecule has 0 saturated heterocycles. The molecule has 0 N–H and O–H groups in total. The first-order chi connectivity index (χ1) is 5.86. The summed E-state index contributed by atoms with van der Waals surface area (Å²) in [5, 5.41) is 0. The Hall–Kier alpha value is 0.630. The number of ketones is 1. The van der Waals surface area contributed by atoms with Gasteiger partial charge in [0.15, 0.2) is 5.78 Å². The van der Waals surface area contributed by atoms with E-state index >= 15 is 0 Å². The molecule has 76 valence electrons. The Morgan fingerprint density at radius 2 is 1.69 bits per heavy atom. The van der Waals surface area contributed by atoms with Crippen molar-refractivity contribution in [2.75, 3.05) is 0 Å². The van der Waals surface area contributed by atoms with Gasteiger partial charge in [-0.05, 0) is 26.7 Å². The molecule has 1 saturated carbocycles. The van der Waals surface area contributed by atoms with Gasteiger partial charge in [-0.1, -0.05) is 51.1 Å². The van der Waals surface area contributed by atoms with E-state index in [1.165, 1.54) is 19.3 Å². The molecular formula is C10H16Br2O. The van der Waals surface area contributed by atoms with Crippen LogP contribution in [0.1, 0.15) is 46.0 Å². The van der Waals surface area contributed by atoms with E-state index < -0.39 is 4.32 Å². The zero-order chi connectivity index (χ0) is 10.1. The fourth-order valence-corrected chi connectivity index (χ4v) is 3.57. The van der Waals surface area contributed by atoms with Crippen molar-refractivity contribution >= 4 is 37.6 Å². The van der Waals surface area contributed by atoms with Gasteiger partial charge in [0.05, 0.1) is 8.65 Å². The fourth-order valence-electron chi connectivity index (χ4n) is 1.87. The summed E-state index contributed by atoms with van der Waals surface area (Å²) in [7, 11) is 0. The van der Waals surface area contributed by atoms with Crippen LogP contribution in [0.3, 0.4) is 0 Å². The zero-order valence-corrected chi connectivity index (χ0v) is 11.4. The summed E-state index contributed by atoms with van der Waals surface area (Å²) in [6.07, 6.45) is 5.57. The molecule has 0 aromatic rings. The third-order valence-electron chi connectivity index (χ3n) is 2.59. The summed E-state index contributed by atoms with van der Waals surface area (Å²) in [4.78, 5) is 12.0. The van der Waals surface area contributed by atoms with E-state index in [9.17, 15) is 4.79 Å². The average Bonchev–Trinajstić information content (AvgIpc) is 2.03. The minimum Gasteiger partial charge on any atom is -0.297 e. The summed E-state index contributed by atoms with van der Waals surface area (Å²) in [5.74, 6) is 0.291. The Morgan fingerprint density at radius 1 is 1.23 bits per heavy atom. The predicted molar refractivity (Wildman–Crippen MR) is 62.8 cm³/mol. The first-order valence-corrected chi connectivity index (χ1v) is 6.38. The normalized spacial score (nSPS) is 22.8. The van der Waals surface area contributed by atoms with Crippen molar-refractivity contribution in [2.24, 2.45) is 0 Å². The molecule has 0 aromatic heterocycles. The Bertz CT molecular complexity index is 199. The SMILES string of the molecule is CC(C)(Br)C(=O)C1(Br)CCCCC1. The van der Waals surface area contributed by atoms with Gasteiger partial charge < -0.3 is 0 Å². The minimum atomic E-state index is -0.395. The third-order valence-corrected chi connectivity index (χ3v) is 4.11. The molecule has 1 aliphatic rings. The number of carbonyl (C=O) groups excluding carboxylic acids is 1. The molecular weight excluding hydrogens is 296 g/mol. The second-order valence-corrected chi connectivity index (χ2v) is 7.83. The van der Waals surface area contributed by atoms with Gasteiger partial charge in [-0.2, -0.15) is 0 Å². The molecule has 13 heavy (non-hydrogen) atoms. The lowest BCUT2D eigenvalue weighted by Gasteiger charge is -2.34. The fraction of sp³-hybridized carbons (Fsp3) is 0.900. The van der Waals surface area contributed by atoms with Crippen molar-refractivity contribution in [1.29, 1.82) is 0 Å². The van der Waals surface area contributed by atoms with E-state index in [1.807, 2.05) is 13.8 Å². The van der Waals surface area contributed by atoms with Crippen molar-refractivity contribution in [3.8, 4) is 0 Å². The van der Waals surface area contributed by atoms with Crippen LogP contribution in [0.5, 0.6) is 0 Å². The molecule has 1 rings (SSSR count). The molecule has 0 amide bonds. The Labute approximate surface area is 96.9 Å². The van der Waals surface area contributed by atoms with Crippen LogP contribution < -0.4 is 0 Å². The third kappa shape index (κ3) is 2.79. The van der Waals surface area contributed by atoms with Crippen LogP contribution in [0.4, 0.5) is 0 Å². The second kappa shape index (κ2) is 4.01. The van der Waals surface area contributed by atoms with E-state index in [2.05, 4.69) is 31.9 Å². The predicted octanol–water partition coefficient (Wildman–Crippen LogP) is 3.83. The van der Waals surface area contributed by atoms with E-state index in [0.29, 0.717) is 5.78 Å². The van der Waals surface area contributed by atoms with Crippen molar-refractivity contribution < 1.29 is 4.79 Å². The second-order valence-electron chi connectivity index (χ2n) is 4.33. The topological polar surface area (TPSA) is 17.1 Å². The van der Waals surface area contributed by atoms with E-state index in [4.69, 9.17) is 0 Å². The molecule has 3 heteroatoms. The number of alkyl halides is 2. The van der Waals surface area contributed by atoms with Crippen LogP contribution >= 0.6 is 31.9 Å². The zero-order valence-electron chi connectivity index (χ0n) is 8.20. The Morgan fingerprint density at radius 3 is 2.08 bits per heavy atom. The van der Waals surface area contributed by atoms with Crippen molar-refractivity contribution in [3.05, 3.63) is 0 Å². The highest BCUT2D eigenvalue weighted by Gasteiger charge is 2.42. The highest BCUT2D eigenvalue weighted by atomic mass is 79.9. The molecule has 0 heterocycles. The molecule has 1 aliphatic carbocycles. The average molecular weight is 312 g/mol. The molecule has 0 bridgehead atoms. The van der Waals surface area contributed by atoms with Crippen LogP contribution in [0.15, 0.2) is 0 Å². The van der Waals surface area contributed by atoms with E-state index in [1.54, 1.807) is 0 Å². The number of halogens is 2. The molecule has 1 nitrogen and oxygen atoms in total. The number of hydrogen-bond acceptors (Lipinski definition) is 1. The van der Waals surface area contributed by atoms with Gasteiger partial charge in [0.1, 0.15) is 0 Å².